The molecule has 0 aromatic heterocycles. The Morgan fingerprint density at radius 1 is 1.24 bits per heavy atom. The summed E-state index contributed by atoms with van der Waals surface area (Å²) in [4.78, 5) is 24.5. The third-order valence-electron chi connectivity index (χ3n) is 4.15. The molecule has 2 aromatic rings. The third-order valence-corrected chi connectivity index (χ3v) is 4.15. The van der Waals surface area contributed by atoms with E-state index in [0.717, 1.165) is 11.1 Å². The van der Waals surface area contributed by atoms with Crippen LogP contribution >= 0.6 is 0 Å². The number of non-ortho nitro benzene ring substituents is 1. The van der Waals surface area contributed by atoms with Gasteiger partial charge in [0, 0.05) is 18.7 Å². The highest BCUT2D eigenvalue weighted by Gasteiger charge is 2.27. The van der Waals surface area contributed by atoms with Crippen molar-refractivity contribution in [2.45, 2.75) is 13.3 Å². The highest BCUT2D eigenvalue weighted by Crippen LogP contribution is 2.32. The van der Waals surface area contributed by atoms with Gasteiger partial charge in [-0.3, -0.25) is 14.9 Å². The molecule has 2 aromatic carbocycles. The van der Waals surface area contributed by atoms with Crippen LogP contribution in [0.25, 0.3) is 0 Å². The molecule has 1 aliphatic heterocycles. The Hall–Kier alpha value is -3.09. The van der Waals surface area contributed by atoms with Gasteiger partial charge in [0.25, 0.3) is 11.6 Å². The maximum Gasteiger partial charge on any atom is 0.271 e. The molecule has 1 aliphatic rings. The molecule has 1 heterocycles. The Bertz CT molecular complexity index is 834. The number of hydrogen-bond acceptors (Lipinski definition) is 5. The van der Waals surface area contributed by atoms with Crippen LogP contribution in [0.3, 0.4) is 0 Å². The fraction of sp³-hybridized carbons (Fsp3) is 0.278. The van der Waals surface area contributed by atoms with Gasteiger partial charge < -0.3 is 14.4 Å². The molecule has 0 unspecified atom stereocenters. The second kappa shape index (κ2) is 6.80. The summed E-state index contributed by atoms with van der Waals surface area (Å²) in [7, 11) is 1.54. The van der Waals surface area contributed by atoms with E-state index in [4.69, 9.17) is 9.47 Å². The molecule has 0 saturated carbocycles. The van der Waals surface area contributed by atoms with Crippen LogP contribution < -0.4 is 14.4 Å². The molecule has 0 bridgehead atoms. The number of benzene rings is 2. The predicted molar refractivity (Wildman–Crippen MR) is 92.4 cm³/mol. The van der Waals surface area contributed by atoms with E-state index in [2.05, 4.69) is 0 Å². The van der Waals surface area contributed by atoms with Crippen LogP contribution in [-0.2, 0) is 11.2 Å². The summed E-state index contributed by atoms with van der Waals surface area (Å²) >= 11 is 0. The normalized spacial score (nSPS) is 12.6. The van der Waals surface area contributed by atoms with Crippen LogP contribution in [0.15, 0.2) is 36.4 Å². The zero-order valence-corrected chi connectivity index (χ0v) is 14.0. The third kappa shape index (κ3) is 3.40. The van der Waals surface area contributed by atoms with Crippen LogP contribution in [0.2, 0.25) is 0 Å². The van der Waals surface area contributed by atoms with Gasteiger partial charge in [0.1, 0.15) is 0 Å². The summed E-state index contributed by atoms with van der Waals surface area (Å²) in [6, 6.07) is 10.0. The Labute approximate surface area is 144 Å². The van der Waals surface area contributed by atoms with Crippen LogP contribution in [0.1, 0.15) is 11.1 Å². The zero-order chi connectivity index (χ0) is 18.0. The van der Waals surface area contributed by atoms with E-state index in [1.54, 1.807) is 19.2 Å². The van der Waals surface area contributed by atoms with Crippen molar-refractivity contribution < 1.29 is 19.2 Å². The lowest BCUT2D eigenvalue weighted by atomic mass is 10.1. The van der Waals surface area contributed by atoms with E-state index in [1.165, 1.54) is 17.0 Å². The van der Waals surface area contributed by atoms with Gasteiger partial charge in [-0.05, 0) is 36.6 Å². The summed E-state index contributed by atoms with van der Waals surface area (Å²) in [6.45, 7) is 2.26. The molecule has 0 N–H and O–H groups in total. The van der Waals surface area contributed by atoms with Gasteiger partial charge in [-0.1, -0.05) is 12.1 Å². The largest absolute Gasteiger partial charge is 0.493 e. The van der Waals surface area contributed by atoms with Crippen molar-refractivity contribution in [2.24, 2.45) is 0 Å². The number of carbonyl (C=O) groups is 1. The number of carbonyl (C=O) groups excluding carboxylic acids is 1. The van der Waals surface area contributed by atoms with Crippen LogP contribution in [0, 0.1) is 17.0 Å². The Balaban J connectivity index is 1.74. The van der Waals surface area contributed by atoms with Crippen molar-refractivity contribution in [3.05, 3.63) is 57.6 Å². The average molecular weight is 342 g/mol. The number of aryl methyl sites for hydroxylation is 1. The Morgan fingerprint density at radius 3 is 2.76 bits per heavy atom. The maximum absolute atomic E-state index is 12.5. The monoisotopic (exact) mass is 342 g/mol. The smallest absolute Gasteiger partial charge is 0.271 e. The van der Waals surface area contributed by atoms with Gasteiger partial charge in [-0.25, -0.2) is 0 Å². The standard InChI is InChI=1S/C18H18N2O5/c1-12-3-6-16(17(9-12)24-2)25-11-18(21)19-8-7-13-4-5-14(20(22)23)10-15(13)19/h3-6,9-10H,7-8,11H2,1-2H3. The fourth-order valence-corrected chi connectivity index (χ4v) is 2.85. The SMILES string of the molecule is COc1cc(C)ccc1OCC(=O)N1CCc2ccc([N+](=O)[O-])cc21. The molecule has 7 heteroatoms. The quantitative estimate of drug-likeness (QED) is 0.616. The van der Waals surface area contributed by atoms with E-state index >= 15 is 0 Å². The zero-order valence-electron chi connectivity index (χ0n) is 14.0. The molecule has 0 radical (unpaired) electrons. The predicted octanol–water partition coefficient (Wildman–Crippen LogP) is 2.88. The number of anilines is 1. The second-order valence-corrected chi connectivity index (χ2v) is 5.81. The first-order valence-electron chi connectivity index (χ1n) is 7.84. The first kappa shape index (κ1) is 16.8. The molecule has 0 atom stereocenters. The highest BCUT2D eigenvalue weighted by molar-refractivity contribution is 5.96. The fourth-order valence-electron chi connectivity index (χ4n) is 2.85. The summed E-state index contributed by atoms with van der Waals surface area (Å²) in [6.07, 6.45) is 0.674. The van der Waals surface area contributed by atoms with Gasteiger partial charge in [-0.2, -0.15) is 0 Å². The van der Waals surface area contributed by atoms with E-state index in [9.17, 15) is 14.9 Å². The lowest BCUT2D eigenvalue weighted by Gasteiger charge is -2.18. The van der Waals surface area contributed by atoms with E-state index in [1.807, 2.05) is 19.1 Å². The topological polar surface area (TPSA) is 81.9 Å². The number of rotatable bonds is 5. The number of hydrogen-bond donors (Lipinski definition) is 0. The second-order valence-electron chi connectivity index (χ2n) is 5.81. The first-order valence-corrected chi connectivity index (χ1v) is 7.84. The molecule has 3 rings (SSSR count). The van der Waals surface area contributed by atoms with Crippen molar-refractivity contribution in [1.29, 1.82) is 0 Å². The molecule has 130 valence electrons. The summed E-state index contributed by atoms with van der Waals surface area (Å²) in [5, 5.41) is 10.9. The summed E-state index contributed by atoms with van der Waals surface area (Å²) in [5.41, 5.74) is 2.50. The number of nitro groups is 1. The number of amides is 1. The minimum absolute atomic E-state index is 0.0282. The molecule has 7 nitrogen and oxygen atoms in total. The molecular weight excluding hydrogens is 324 g/mol. The molecule has 25 heavy (non-hydrogen) atoms. The number of ether oxygens (including phenoxy) is 2. The van der Waals surface area contributed by atoms with Gasteiger partial charge in [0.15, 0.2) is 18.1 Å². The Kier molecular flexibility index (Phi) is 4.56. The molecule has 0 saturated heterocycles. The van der Waals surface area contributed by atoms with Crippen LogP contribution in [-0.4, -0.2) is 31.1 Å². The van der Waals surface area contributed by atoms with Crippen molar-refractivity contribution >= 4 is 17.3 Å². The first-order chi connectivity index (χ1) is 12.0. The molecule has 0 fully saturated rings. The lowest BCUT2D eigenvalue weighted by Crippen LogP contribution is -2.33. The van der Waals surface area contributed by atoms with Crippen molar-refractivity contribution in [2.75, 3.05) is 25.2 Å². The van der Waals surface area contributed by atoms with Gasteiger partial charge in [0.2, 0.25) is 0 Å². The van der Waals surface area contributed by atoms with Crippen molar-refractivity contribution in [1.82, 2.24) is 0 Å². The number of fused-ring (bicyclic) bond motifs is 1. The van der Waals surface area contributed by atoms with Crippen molar-refractivity contribution in [3.63, 3.8) is 0 Å². The molecular formula is C18H18N2O5. The lowest BCUT2D eigenvalue weighted by molar-refractivity contribution is -0.384. The maximum atomic E-state index is 12.5. The average Bonchev–Trinajstić information content (AvgIpc) is 3.03. The summed E-state index contributed by atoms with van der Waals surface area (Å²) in [5.74, 6) is 0.798. The van der Waals surface area contributed by atoms with E-state index in [-0.39, 0.29) is 18.2 Å². The number of methoxy groups -OCH3 is 1. The van der Waals surface area contributed by atoms with Crippen LogP contribution in [0.5, 0.6) is 11.5 Å². The minimum Gasteiger partial charge on any atom is -0.493 e. The number of nitro benzene ring substituents is 1. The van der Waals surface area contributed by atoms with Gasteiger partial charge in [0.05, 0.1) is 17.7 Å². The Morgan fingerprint density at radius 2 is 2.04 bits per heavy atom. The van der Waals surface area contributed by atoms with Gasteiger partial charge in [-0.15, -0.1) is 0 Å². The van der Waals surface area contributed by atoms with E-state index < -0.39 is 4.92 Å². The van der Waals surface area contributed by atoms with E-state index in [0.29, 0.717) is 30.2 Å². The molecule has 1 amide bonds. The minimum atomic E-state index is -0.463. The van der Waals surface area contributed by atoms with Gasteiger partial charge >= 0.3 is 0 Å². The molecule has 0 spiro atoms. The molecule has 0 aliphatic carbocycles. The summed E-state index contributed by atoms with van der Waals surface area (Å²) < 4.78 is 10.9. The number of nitrogens with zero attached hydrogens (tertiary/aromatic N) is 2. The van der Waals surface area contributed by atoms with Crippen LogP contribution in [0.4, 0.5) is 11.4 Å². The van der Waals surface area contributed by atoms with Crippen molar-refractivity contribution in [3.8, 4) is 11.5 Å². The highest BCUT2D eigenvalue weighted by atomic mass is 16.6.